The second kappa shape index (κ2) is 12.7. The number of aryl methyl sites for hydroxylation is 1. The number of amides is 2. The number of nitrogens with one attached hydrogen (secondary N) is 1. The average molecular weight is 542 g/mol. The number of sulfonamides is 1. The van der Waals surface area contributed by atoms with Gasteiger partial charge in [-0.05, 0) is 48.7 Å². The Bertz CT molecular complexity index is 1330. The molecule has 0 bridgehead atoms. The standard InChI is InChI=1S/C28H32ClN3O4S/c1-4-30-28(34)26(18-22-12-6-5-7-13-22)31(19-23-14-8-9-16-25(23)29)27(33)20-32(37(3,35)36)24-15-10-11-21(2)17-24/h5-17,26H,4,18-20H2,1-3H3,(H,30,34). The van der Waals surface area contributed by atoms with E-state index in [1.165, 1.54) is 4.90 Å². The van der Waals surface area contributed by atoms with Crippen molar-refractivity contribution in [3.8, 4) is 0 Å². The van der Waals surface area contributed by atoms with Gasteiger partial charge in [-0.2, -0.15) is 0 Å². The SMILES string of the molecule is CCNC(=O)C(Cc1ccccc1)N(Cc1ccccc1Cl)C(=O)CN(c1cccc(C)c1)S(C)(=O)=O. The van der Waals surface area contributed by atoms with Crippen molar-refractivity contribution >= 4 is 39.1 Å². The van der Waals surface area contributed by atoms with Gasteiger partial charge in [0.1, 0.15) is 12.6 Å². The Morgan fingerprint density at radius 3 is 2.27 bits per heavy atom. The van der Waals surface area contributed by atoms with Gasteiger partial charge in [-0.25, -0.2) is 8.42 Å². The van der Waals surface area contributed by atoms with Crippen LogP contribution >= 0.6 is 11.6 Å². The first-order valence-electron chi connectivity index (χ1n) is 12.0. The van der Waals surface area contributed by atoms with Crippen LogP contribution < -0.4 is 9.62 Å². The Hall–Kier alpha value is -3.36. The molecule has 0 saturated carbocycles. The summed E-state index contributed by atoms with van der Waals surface area (Å²) in [6, 6.07) is 22.5. The number of hydrogen-bond donors (Lipinski definition) is 1. The molecule has 1 N–H and O–H groups in total. The molecule has 0 saturated heterocycles. The zero-order valence-corrected chi connectivity index (χ0v) is 22.8. The molecule has 3 aromatic rings. The molecule has 3 aromatic carbocycles. The van der Waals surface area contributed by atoms with Crippen LogP contribution in [0.2, 0.25) is 5.02 Å². The lowest BCUT2D eigenvalue weighted by Gasteiger charge is -2.33. The van der Waals surface area contributed by atoms with Gasteiger partial charge in [0, 0.05) is 24.5 Å². The molecule has 0 aliphatic heterocycles. The molecule has 0 aliphatic rings. The van der Waals surface area contributed by atoms with Gasteiger partial charge in [0.2, 0.25) is 21.8 Å². The molecule has 37 heavy (non-hydrogen) atoms. The number of rotatable bonds is 11. The van der Waals surface area contributed by atoms with E-state index in [1.54, 1.807) is 49.4 Å². The predicted octanol–water partition coefficient (Wildman–Crippen LogP) is 4.19. The molecule has 1 unspecified atom stereocenters. The van der Waals surface area contributed by atoms with Crippen molar-refractivity contribution in [2.45, 2.75) is 32.9 Å². The lowest BCUT2D eigenvalue weighted by atomic mass is 10.0. The highest BCUT2D eigenvalue weighted by Gasteiger charge is 2.33. The summed E-state index contributed by atoms with van der Waals surface area (Å²) in [5, 5.41) is 3.28. The maximum Gasteiger partial charge on any atom is 0.244 e. The van der Waals surface area contributed by atoms with Gasteiger partial charge >= 0.3 is 0 Å². The van der Waals surface area contributed by atoms with Crippen LogP contribution in [0.15, 0.2) is 78.9 Å². The fourth-order valence-electron chi connectivity index (χ4n) is 4.05. The number of carbonyl (C=O) groups excluding carboxylic acids is 2. The van der Waals surface area contributed by atoms with Crippen LogP contribution in [-0.2, 0) is 32.6 Å². The monoisotopic (exact) mass is 541 g/mol. The number of hydrogen-bond acceptors (Lipinski definition) is 4. The first kappa shape index (κ1) is 28.2. The Morgan fingerprint density at radius 1 is 0.973 bits per heavy atom. The minimum atomic E-state index is -3.80. The lowest BCUT2D eigenvalue weighted by molar-refractivity contribution is -0.140. The molecule has 2 amide bonds. The highest BCUT2D eigenvalue weighted by molar-refractivity contribution is 7.92. The summed E-state index contributed by atoms with van der Waals surface area (Å²) in [5.74, 6) is -0.841. The van der Waals surface area contributed by atoms with E-state index in [-0.39, 0.29) is 18.9 Å². The van der Waals surface area contributed by atoms with Crippen molar-refractivity contribution in [3.63, 3.8) is 0 Å². The Balaban J connectivity index is 2.05. The van der Waals surface area contributed by atoms with Gasteiger partial charge in [0.25, 0.3) is 0 Å². The molecule has 0 aromatic heterocycles. The molecule has 0 radical (unpaired) electrons. The summed E-state index contributed by atoms with van der Waals surface area (Å²) in [6.07, 6.45) is 1.32. The summed E-state index contributed by atoms with van der Waals surface area (Å²) < 4.78 is 26.6. The highest BCUT2D eigenvalue weighted by atomic mass is 35.5. The maximum absolute atomic E-state index is 13.9. The molecule has 1 atom stereocenters. The normalized spacial score (nSPS) is 12.0. The average Bonchev–Trinajstić information content (AvgIpc) is 2.85. The van der Waals surface area contributed by atoms with Crippen molar-refractivity contribution < 1.29 is 18.0 Å². The molecule has 0 aliphatic carbocycles. The van der Waals surface area contributed by atoms with E-state index in [2.05, 4.69) is 5.32 Å². The van der Waals surface area contributed by atoms with Crippen LogP contribution in [0.5, 0.6) is 0 Å². The summed E-state index contributed by atoms with van der Waals surface area (Å²) in [6.45, 7) is 3.62. The van der Waals surface area contributed by atoms with E-state index >= 15 is 0 Å². The fraction of sp³-hybridized carbons (Fsp3) is 0.286. The van der Waals surface area contributed by atoms with Crippen molar-refractivity contribution in [2.24, 2.45) is 0 Å². The van der Waals surface area contributed by atoms with E-state index in [0.29, 0.717) is 22.8 Å². The number of likely N-dealkylation sites (N-methyl/N-ethyl adjacent to an activating group) is 1. The first-order chi connectivity index (χ1) is 17.6. The number of benzene rings is 3. The third-order valence-electron chi connectivity index (χ3n) is 5.89. The molecule has 7 nitrogen and oxygen atoms in total. The zero-order valence-electron chi connectivity index (χ0n) is 21.2. The number of nitrogens with zero attached hydrogens (tertiary/aromatic N) is 2. The van der Waals surface area contributed by atoms with Crippen molar-refractivity contribution in [1.82, 2.24) is 10.2 Å². The highest BCUT2D eigenvalue weighted by Crippen LogP contribution is 2.23. The Morgan fingerprint density at radius 2 is 1.65 bits per heavy atom. The van der Waals surface area contributed by atoms with E-state index in [0.717, 1.165) is 21.7 Å². The van der Waals surface area contributed by atoms with E-state index in [1.807, 2.05) is 43.3 Å². The minimum Gasteiger partial charge on any atom is -0.355 e. The minimum absolute atomic E-state index is 0.0402. The number of halogens is 1. The Kier molecular flexibility index (Phi) is 9.72. The van der Waals surface area contributed by atoms with Crippen molar-refractivity contribution in [3.05, 3.63) is 101 Å². The quantitative estimate of drug-likeness (QED) is 0.394. The predicted molar refractivity (Wildman–Crippen MR) is 148 cm³/mol. The van der Waals surface area contributed by atoms with Crippen LogP contribution in [-0.4, -0.2) is 50.5 Å². The molecular formula is C28H32ClN3O4S. The topological polar surface area (TPSA) is 86.8 Å². The third kappa shape index (κ3) is 7.81. The molecule has 0 heterocycles. The van der Waals surface area contributed by atoms with Gasteiger partial charge in [0.05, 0.1) is 11.9 Å². The number of carbonyl (C=O) groups is 2. The smallest absolute Gasteiger partial charge is 0.244 e. The zero-order chi connectivity index (χ0) is 27.0. The second-order valence-corrected chi connectivity index (χ2v) is 11.1. The largest absolute Gasteiger partial charge is 0.355 e. The summed E-state index contributed by atoms with van der Waals surface area (Å²) in [5.41, 5.74) is 2.76. The molecule has 0 spiro atoms. The first-order valence-corrected chi connectivity index (χ1v) is 14.2. The Labute approximate surface area is 224 Å². The van der Waals surface area contributed by atoms with Gasteiger partial charge in [-0.15, -0.1) is 0 Å². The van der Waals surface area contributed by atoms with Gasteiger partial charge in [0.15, 0.2) is 0 Å². The third-order valence-corrected chi connectivity index (χ3v) is 7.40. The maximum atomic E-state index is 13.9. The fourth-order valence-corrected chi connectivity index (χ4v) is 5.09. The van der Waals surface area contributed by atoms with Crippen LogP contribution in [0.4, 0.5) is 5.69 Å². The van der Waals surface area contributed by atoms with Crippen molar-refractivity contribution in [1.29, 1.82) is 0 Å². The van der Waals surface area contributed by atoms with Crippen molar-refractivity contribution in [2.75, 3.05) is 23.7 Å². The molecule has 196 valence electrons. The molecule has 3 rings (SSSR count). The summed E-state index contributed by atoms with van der Waals surface area (Å²) in [4.78, 5) is 28.6. The van der Waals surface area contributed by atoms with E-state index in [9.17, 15) is 18.0 Å². The van der Waals surface area contributed by atoms with Crippen LogP contribution in [0.1, 0.15) is 23.6 Å². The van der Waals surface area contributed by atoms with Gasteiger partial charge in [-0.1, -0.05) is 72.3 Å². The van der Waals surface area contributed by atoms with Crippen LogP contribution in [0.25, 0.3) is 0 Å². The van der Waals surface area contributed by atoms with Crippen LogP contribution in [0.3, 0.4) is 0 Å². The second-order valence-electron chi connectivity index (χ2n) is 8.82. The molecule has 9 heteroatoms. The van der Waals surface area contributed by atoms with Gasteiger partial charge < -0.3 is 10.2 Å². The summed E-state index contributed by atoms with van der Waals surface area (Å²) >= 11 is 6.43. The van der Waals surface area contributed by atoms with E-state index in [4.69, 9.17) is 11.6 Å². The van der Waals surface area contributed by atoms with Gasteiger partial charge in [-0.3, -0.25) is 13.9 Å². The number of anilines is 1. The molecular weight excluding hydrogens is 510 g/mol. The molecule has 0 fully saturated rings. The van der Waals surface area contributed by atoms with E-state index < -0.39 is 28.5 Å². The lowest BCUT2D eigenvalue weighted by Crippen LogP contribution is -2.53. The summed E-state index contributed by atoms with van der Waals surface area (Å²) in [7, 11) is -3.80. The van der Waals surface area contributed by atoms with Crippen LogP contribution in [0, 0.1) is 6.92 Å².